The lowest BCUT2D eigenvalue weighted by Gasteiger charge is -2.33. The summed E-state index contributed by atoms with van der Waals surface area (Å²) in [6, 6.07) is 2.23. The zero-order valence-corrected chi connectivity index (χ0v) is 20.1. The number of nitrogens with zero attached hydrogens (tertiary/aromatic N) is 4. The normalized spacial score (nSPS) is 13.3. The van der Waals surface area contributed by atoms with Gasteiger partial charge in [-0.3, -0.25) is 0 Å². The fourth-order valence-electron chi connectivity index (χ4n) is 3.40. The first kappa shape index (κ1) is 28.0. The van der Waals surface area contributed by atoms with Gasteiger partial charge in [-0.2, -0.15) is 13.2 Å². The quantitative estimate of drug-likeness (QED) is 0.451. The van der Waals surface area contributed by atoms with Crippen LogP contribution in [0.5, 0.6) is 0 Å². The summed E-state index contributed by atoms with van der Waals surface area (Å²) in [4.78, 5) is 34.5. The van der Waals surface area contributed by atoms with Gasteiger partial charge in [-0.05, 0) is 45.4 Å². The molecule has 1 amide bonds. The van der Waals surface area contributed by atoms with E-state index in [2.05, 4.69) is 14.7 Å². The summed E-state index contributed by atoms with van der Waals surface area (Å²) in [7, 11) is 3.25. The van der Waals surface area contributed by atoms with Crippen molar-refractivity contribution in [2.24, 2.45) is 0 Å². The van der Waals surface area contributed by atoms with Gasteiger partial charge >= 0.3 is 12.3 Å². The molecule has 8 nitrogen and oxygen atoms in total. The summed E-state index contributed by atoms with van der Waals surface area (Å²) in [6.45, 7) is 5.08. The number of hydrogen-bond acceptors (Lipinski definition) is 7. The van der Waals surface area contributed by atoms with Gasteiger partial charge in [0.25, 0.3) is 0 Å². The molecule has 192 valence electrons. The number of amides is 1. The maximum absolute atomic E-state index is 13.6. The zero-order chi connectivity index (χ0) is 26.4. The average molecular weight is 500 g/mol. The highest BCUT2D eigenvalue weighted by Crippen LogP contribution is 2.40. The van der Waals surface area contributed by atoms with Crippen molar-refractivity contribution in [2.45, 2.75) is 45.5 Å². The molecule has 1 aliphatic rings. The molecule has 35 heavy (non-hydrogen) atoms. The van der Waals surface area contributed by atoms with Gasteiger partial charge < -0.3 is 24.1 Å². The number of carbonyl (C=O) groups excluding carboxylic acids is 2. The summed E-state index contributed by atoms with van der Waals surface area (Å²) in [5.41, 5.74) is -1.38. The van der Waals surface area contributed by atoms with Crippen LogP contribution in [0.15, 0.2) is 24.5 Å². The van der Waals surface area contributed by atoms with Gasteiger partial charge in [-0.15, -0.1) is 0 Å². The standard InChI is InChI=1S/C21H22F4N4O3.C2H6O/c1-20(2,3)32-19(31)28-7-6-14-16(11-28)26-12-27-18(14)29(8-9-30)17-5-4-13(22)10-15(17)21(23,24)25;1-3-2/h4-5,9-10,12H,6-8,11H2,1-3H3;1-2H3. The molecule has 3 rings (SSSR count). The van der Waals surface area contributed by atoms with E-state index < -0.39 is 41.5 Å². The molecule has 2 heterocycles. The highest BCUT2D eigenvalue weighted by molar-refractivity contribution is 5.74. The summed E-state index contributed by atoms with van der Waals surface area (Å²) in [6.07, 6.45) is -3.55. The van der Waals surface area contributed by atoms with E-state index >= 15 is 0 Å². The first-order valence-corrected chi connectivity index (χ1v) is 10.6. The van der Waals surface area contributed by atoms with Crippen LogP contribution in [0.4, 0.5) is 33.9 Å². The van der Waals surface area contributed by atoms with Gasteiger partial charge in [0.2, 0.25) is 0 Å². The molecule has 0 radical (unpaired) electrons. The molecule has 12 heteroatoms. The van der Waals surface area contributed by atoms with Crippen LogP contribution in [0.2, 0.25) is 0 Å². The van der Waals surface area contributed by atoms with E-state index in [1.54, 1.807) is 35.0 Å². The van der Waals surface area contributed by atoms with Crippen LogP contribution in [0, 0.1) is 5.82 Å². The number of hydrogen-bond donors (Lipinski definition) is 0. The Morgan fingerprint density at radius 2 is 1.86 bits per heavy atom. The third kappa shape index (κ3) is 7.35. The molecule has 0 saturated carbocycles. The minimum Gasteiger partial charge on any atom is -0.444 e. The van der Waals surface area contributed by atoms with Crippen molar-refractivity contribution < 1.29 is 36.6 Å². The second kappa shape index (κ2) is 11.4. The molecule has 0 spiro atoms. The van der Waals surface area contributed by atoms with Gasteiger partial charge in [0.05, 0.1) is 30.0 Å². The predicted molar refractivity (Wildman–Crippen MR) is 120 cm³/mol. The smallest absolute Gasteiger partial charge is 0.418 e. The molecule has 0 bridgehead atoms. The van der Waals surface area contributed by atoms with Crippen LogP contribution >= 0.6 is 0 Å². The molecule has 1 aromatic carbocycles. The minimum atomic E-state index is -4.85. The Morgan fingerprint density at radius 1 is 1.20 bits per heavy atom. The fraction of sp³-hybridized carbons (Fsp3) is 0.478. The highest BCUT2D eigenvalue weighted by Gasteiger charge is 2.37. The number of fused-ring (bicyclic) bond motifs is 1. The Balaban J connectivity index is 0.00000137. The van der Waals surface area contributed by atoms with Gasteiger partial charge in [-0.1, -0.05) is 0 Å². The van der Waals surface area contributed by atoms with Crippen molar-refractivity contribution in [3.05, 3.63) is 47.2 Å². The number of halogens is 4. The topological polar surface area (TPSA) is 84.9 Å². The Morgan fingerprint density at radius 3 is 2.43 bits per heavy atom. The zero-order valence-electron chi connectivity index (χ0n) is 20.1. The number of anilines is 2. The number of aromatic nitrogens is 2. The second-order valence-corrected chi connectivity index (χ2v) is 8.62. The van der Waals surface area contributed by atoms with Gasteiger partial charge in [0, 0.05) is 26.3 Å². The number of alkyl halides is 3. The molecule has 0 aliphatic carbocycles. The van der Waals surface area contributed by atoms with Crippen LogP contribution < -0.4 is 4.90 Å². The predicted octanol–water partition coefficient (Wildman–Crippen LogP) is 4.53. The minimum absolute atomic E-state index is 0.0737. The molecule has 0 N–H and O–H groups in total. The van der Waals surface area contributed by atoms with Crippen LogP contribution in [-0.4, -0.2) is 60.2 Å². The van der Waals surface area contributed by atoms with Gasteiger partial charge in [-0.25, -0.2) is 19.2 Å². The van der Waals surface area contributed by atoms with E-state index in [1.165, 1.54) is 4.90 Å². The first-order valence-electron chi connectivity index (χ1n) is 10.6. The SMILES string of the molecule is CC(C)(C)OC(=O)N1CCc2c(ncnc2N(CC=O)c2ccc(F)cc2C(F)(F)F)C1.COC. The fourth-order valence-corrected chi connectivity index (χ4v) is 3.40. The van der Waals surface area contributed by atoms with Gasteiger partial charge in [0.15, 0.2) is 0 Å². The van der Waals surface area contributed by atoms with Crippen molar-refractivity contribution >= 4 is 23.9 Å². The van der Waals surface area contributed by atoms with E-state index in [-0.39, 0.29) is 25.3 Å². The maximum Gasteiger partial charge on any atom is 0.418 e. The van der Waals surface area contributed by atoms with Crippen LogP contribution in [0.1, 0.15) is 37.6 Å². The number of benzene rings is 1. The van der Waals surface area contributed by atoms with E-state index in [0.717, 1.165) is 23.4 Å². The number of rotatable bonds is 4. The maximum atomic E-state index is 13.6. The summed E-state index contributed by atoms with van der Waals surface area (Å²) < 4.78 is 64.0. The summed E-state index contributed by atoms with van der Waals surface area (Å²) >= 11 is 0. The largest absolute Gasteiger partial charge is 0.444 e. The summed E-state index contributed by atoms with van der Waals surface area (Å²) in [5, 5.41) is 0. The van der Waals surface area contributed by atoms with E-state index in [4.69, 9.17) is 4.74 Å². The van der Waals surface area contributed by atoms with Crippen molar-refractivity contribution in [3.63, 3.8) is 0 Å². The summed E-state index contributed by atoms with van der Waals surface area (Å²) in [5.74, 6) is -0.951. The third-order valence-corrected chi connectivity index (χ3v) is 4.70. The lowest BCUT2D eigenvalue weighted by Crippen LogP contribution is -2.41. The molecule has 1 aliphatic heterocycles. The molecular weight excluding hydrogens is 472 g/mol. The molecule has 0 fully saturated rings. The molecule has 2 aromatic rings. The molecule has 0 atom stereocenters. The van der Waals surface area contributed by atoms with Crippen molar-refractivity contribution in [1.29, 1.82) is 0 Å². The highest BCUT2D eigenvalue weighted by atomic mass is 19.4. The Hall–Kier alpha value is -3.28. The number of ether oxygens (including phenoxy) is 2. The third-order valence-electron chi connectivity index (χ3n) is 4.70. The van der Waals surface area contributed by atoms with E-state index in [1.807, 2.05) is 0 Å². The number of methoxy groups -OCH3 is 1. The van der Waals surface area contributed by atoms with Crippen molar-refractivity contribution in [2.75, 3.05) is 32.2 Å². The molecule has 0 unspecified atom stereocenters. The van der Waals surface area contributed by atoms with Gasteiger partial charge in [0.1, 0.15) is 29.8 Å². The Kier molecular flexibility index (Phi) is 9.13. The van der Waals surface area contributed by atoms with Crippen molar-refractivity contribution in [1.82, 2.24) is 14.9 Å². The Labute approximate surface area is 200 Å². The van der Waals surface area contributed by atoms with E-state index in [9.17, 15) is 27.2 Å². The molecular formula is C23H28F4N4O4. The Bertz CT molecular complexity index is 1040. The number of carbonyl (C=O) groups is 2. The first-order chi connectivity index (χ1) is 16.3. The molecule has 1 aromatic heterocycles. The average Bonchev–Trinajstić information content (AvgIpc) is 2.76. The monoisotopic (exact) mass is 500 g/mol. The van der Waals surface area contributed by atoms with Crippen molar-refractivity contribution in [3.8, 4) is 0 Å². The second-order valence-electron chi connectivity index (χ2n) is 8.62. The lowest BCUT2D eigenvalue weighted by molar-refractivity contribution is -0.137. The van der Waals surface area contributed by atoms with Crippen LogP contribution in [0.25, 0.3) is 0 Å². The lowest BCUT2D eigenvalue weighted by atomic mass is 10.0. The van der Waals surface area contributed by atoms with Crippen LogP contribution in [-0.2, 0) is 33.4 Å². The number of aldehydes is 1. The van der Waals surface area contributed by atoms with Crippen LogP contribution in [0.3, 0.4) is 0 Å². The van der Waals surface area contributed by atoms with E-state index in [0.29, 0.717) is 23.6 Å². The molecule has 0 saturated heterocycles.